The van der Waals surface area contributed by atoms with Crippen LogP contribution in [0.4, 0.5) is 0 Å². The Hall–Kier alpha value is -7.30. The SMILES string of the molecule is C=CCOc1cc(C(=O)OCCCCCCOc2ccc(-c3ccc(C#N)cc3)cc2)c(OCC=C)cc1C(=O)OCCCCCCOc1ccc(-c2ccc(C#N)cc2)cc1. The molecule has 0 amide bonds. The van der Waals surface area contributed by atoms with Crippen LogP contribution in [0, 0.1) is 22.7 Å². The predicted molar refractivity (Wildman–Crippen MR) is 240 cm³/mol. The van der Waals surface area contributed by atoms with E-state index in [1.54, 1.807) is 36.4 Å². The molecule has 0 unspecified atom stereocenters. The molecule has 0 spiro atoms. The van der Waals surface area contributed by atoms with Gasteiger partial charge < -0.3 is 28.4 Å². The summed E-state index contributed by atoms with van der Waals surface area (Å²) in [5.41, 5.74) is 5.69. The lowest BCUT2D eigenvalue weighted by Gasteiger charge is -2.16. The van der Waals surface area contributed by atoms with Gasteiger partial charge in [0.2, 0.25) is 0 Å². The summed E-state index contributed by atoms with van der Waals surface area (Å²) in [5.74, 6) is 0.722. The molecule has 62 heavy (non-hydrogen) atoms. The summed E-state index contributed by atoms with van der Waals surface area (Å²) in [5, 5.41) is 18.0. The standard InChI is InChI=1S/C52H52N2O8/c1-3-29-59-49-35-48(52(56)62-34-12-8-6-10-32-58-46-27-23-44(24-28-46)42-19-15-40(38-54)16-20-42)50(60-30-4-2)36-47(49)51(55)61-33-11-7-5-9-31-57-45-25-21-43(22-26-45)41-17-13-39(37-53)14-18-41/h3-4,13-28,35-36H,1-2,5-12,29-34H2. The molecule has 10 heteroatoms. The minimum absolute atomic E-state index is 0.110. The molecule has 5 rings (SSSR count). The number of carbonyl (C=O) groups excluding carboxylic acids is 2. The van der Waals surface area contributed by atoms with Crippen LogP contribution in [0.3, 0.4) is 0 Å². The second-order valence-electron chi connectivity index (χ2n) is 14.3. The van der Waals surface area contributed by atoms with Crippen molar-refractivity contribution in [2.24, 2.45) is 0 Å². The fraction of sp³-hybridized carbons (Fsp3) is 0.269. The van der Waals surface area contributed by atoms with E-state index in [0.29, 0.717) is 37.2 Å². The Kier molecular flexibility index (Phi) is 18.7. The van der Waals surface area contributed by atoms with Gasteiger partial charge in [0.15, 0.2) is 0 Å². The average molecular weight is 833 g/mol. The van der Waals surface area contributed by atoms with E-state index >= 15 is 0 Å². The number of carbonyl (C=O) groups is 2. The van der Waals surface area contributed by atoms with Crippen LogP contribution in [-0.4, -0.2) is 51.6 Å². The summed E-state index contributed by atoms with van der Waals surface area (Å²) >= 11 is 0. The van der Waals surface area contributed by atoms with Crippen LogP contribution >= 0.6 is 0 Å². The van der Waals surface area contributed by atoms with Crippen molar-refractivity contribution in [1.29, 1.82) is 10.5 Å². The van der Waals surface area contributed by atoms with Gasteiger partial charge in [-0.05, 0) is 134 Å². The highest BCUT2D eigenvalue weighted by Crippen LogP contribution is 2.31. The molecule has 5 aromatic rings. The van der Waals surface area contributed by atoms with Gasteiger partial charge in [0.1, 0.15) is 47.3 Å². The van der Waals surface area contributed by atoms with Crippen molar-refractivity contribution in [2.45, 2.75) is 51.4 Å². The summed E-state index contributed by atoms with van der Waals surface area (Å²) in [6.45, 7) is 9.19. The van der Waals surface area contributed by atoms with E-state index in [1.807, 2.05) is 72.8 Å². The predicted octanol–water partition coefficient (Wildman–Crippen LogP) is 11.5. The van der Waals surface area contributed by atoms with E-state index in [-0.39, 0.29) is 49.1 Å². The molecule has 0 bridgehead atoms. The summed E-state index contributed by atoms with van der Waals surface area (Å²) in [6.07, 6.45) is 9.62. The molecular formula is C52H52N2O8. The Morgan fingerprint density at radius 3 is 1.10 bits per heavy atom. The fourth-order valence-corrected chi connectivity index (χ4v) is 6.36. The lowest BCUT2D eigenvalue weighted by atomic mass is 10.0. The third kappa shape index (κ3) is 14.5. The molecule has 10 nitrogen and oxygen atoms in total. The molecule has 0 atom stereocenters. The van der Waals surface area contributed by atoms with E-state index in [4.69, 9.17) is 38.9 Å². The zero-order valence-corrected chi connectivity index (χ0v) is 35.0. The minimum Gasteiger partial charge on any atom is -0.494 e. The molecule has 0 aliphatic carbocycles. The first kappa shape index (κ1) is 45.8. The third-order valence-electron chi connectivity index (χ3n) is 9.72. The van der Waals surface area contributed by atoms with Crippen LogP contribution in [-0.2, 0) is 9.47 Å². The van der Waals surface area contributed by atoms with Crippen molar-refractivity contribution in [3.05, 3.63) is 157 Å². The first-order valence-electron chi connectivity index (χ1n) is 20.9. The van der Waals surface area contributed by atoms with Crippen LogP contribution in [0.5, 0.6) is 23.0 Å². The van der Waals surface area contributed by atoms with Gasteiger partial charge in [-0.15, -0.1) is 0 Å². The van der Waals surface area contributed by atoms with Gasteiger partial charge in [0.05, 0.1) is 49.7 Å². The summed E-state index contributed by atoms with van der Waals surface area (Å²) < 4.78 is 34.7. The normalized spacial score (nSPS) is 10.4. The highest BCUT2D eigenvalue weighted by molar-refractivity contribution is 5.98. The van der Waals surface area contributed by atoms with Gasteiger partial charge in [-0.3, -0.25) is 0 Å². The monoisotopic (exact) mass is 832 g/mol. The van der Waals surface area contributed by atoms with Gasteiger partial charge in [0.25, 0.3) is 0 Å². The number of hydrogen-bond acceptors (Lipinski definition) is 10. The molecule has 0 aliphatic rings. The molecule has 318 valence electrons. The van der Waals surface area contributed by atoms with Crippen LogP contribution in [0.2, 0.25) is 0 Å². The van der Waals surface area contributed by atoms with E-state index in [9.17, 15) is 9.59 Å². The molecule has 0 aromatic heterocycles. The lowest BCUT2D eigenvalue weighted by molar-refractivity contribution is 0.0475. The van der Waals surface area contributed by atoms with Gasteiger partial charge >= 0.3 is 11.9 Å². The quantitative estimate of drug-likeness (QED) is 0.0301. The highest BCUT2D eigenvalue weighted by atomic mass is 16.5. The lowest BCUT2D eigenvalue weighted by Crippen LogP contribution is -2.14. The Morgan fingerprint density at radius 2 is 0.774 bits per heavy atom. The summed E-state index contributed by atoms with van der Waals surface area (Å²) in [6, 6.07) is 37.9. The summed E-state index contributed by atoms with van der Waals surface area (Å²) in [4.78, 5) is 26.6. The smallest absolute Gasteiger partial charge is 0.342 e. The van der Waals surface area contributed by atoms with Crippen molar-refractivity contribution < 1.29 is 38.0 Å². The molecule has 0 saturated heterocycles. The molecule has 0 heterocycles. The Morgan fingerprint density at radius 1 is 0.452 bits per heavy atom. The number of rotatable bonds is 26. The fourth-order valence-electron chi connectivity index (χ4n) is 6.36. The molecule has 0 saturated carbocycles. The van der Waals surface area contributed by atoms with Gasteiger partial charge in [-0.1, -0.05) is 73.8 Å². The number of benzene rings is 5. The third-order valence-corrected chi connectivity index (χ3v) is 9.72. The van der Waals surface area contributed by atoms with Crippen LogP contribution in [0.1, 0.15) is 83.2 Å². The Bertz CT molecular complexity index is 2120. The van der Waals surface area contributed by atoms with Crippen molar-refractivity contribution in [3.63, 3.8) is 0 Å². The largest absolute Gasteiger partial charge is 0.494 e. The van der Waals surface area contributed by atoms with Crippen LogP contribution in [0.15, 0.2) is 135 Å². The first-order chi connectivity index (χ1) is 30.4. The van der Waals surface area contributed by atoms with Crippen molar-refractivity contribution >= 4 is 11.9 Å². The Labute approximate surface area is 364 Å². The van der Waals surface area contributed by atoms with Gasteiger partial charge in [0, 0.05) is 0 Å². The second-order valence-corrected chi connectivity index (χ2v) is 14.3. The maximum absolute atomic E-state index is 13.3. The van der Waals surface area contributed by atoms with E-state index in [0.717, 1.165) is 72.3 Å². The topological polar surface area (TPSA) is 137 Å². The second kappa shape index (κ2) is 25.4. The molecule has 0 fully saturated rings. The first-order valence-corrected chi connectivity index (χ1v) is 20.9. The molecule has 0 aliphatic heterocycles. The number of esters is 2. The minimum atomic E-state index is -0.593. The van der Waals surface area contributed by atoms with E-state index in [1.165, 1.54) is 12.1 Å². The van der Waals surface area contributed by atoms with Gasteiger partial charge in [-0.2, -0.15) is 10.5 Å². The maximum Gasteiger partial charge on any atom is 0.342 e. The van der Waals surface area contributed by atoms with Crippen LogP contribution < -0.4 is 18.9 Å². The summed E-state index contributed by atoms with van der Waals surface area (Å²) in [7, 11) is 0. The zero-order chi connectivity index (χ0) is 43.8. The number of ether oxygens (including phenoxy) is 6. The van der Waals surface area contributed by atoms with Crippen molar-refractivity contribution in [3.8, 4) is 57.4 Å². The molecule has 5 aromatic carbocycles. The highest BCUT2D eigenvalue weighted by Gasteiger charge is 2.23. The average Bonchev–Trinajstić information content (AvgIpc) is 3.32. The van der Waals surface area contributed by atoms with Crippen molar-refractivity contribution in [2.75, 3.05) is 39.6 Å². The maximum atomic E-state index is 13.3. The molecule has 0 radical (unpaired) electrons. The van der Waals surface area contributed by atoms with E-state index < -0.39 is 11.9 Å². The Balaban J connectivity index is 1.01. The van der Waals surface area contributed by atoms with Crippen molar-refractivity contribution in [1.82, 2.24) is 0 Å². The molecular weight excluding hydrogens is 781 g/mol. The number of hydrogen-bond donors (Lipinski definition) is 0. The number of nitrogens with zero attached hydrogens (tertiary/aromatic N) is 2. The number of unbranched alkanes of at least 4 members (excludes halogenated alkanes) is 6. The van der Waals surface area contributed by atoms with Gasteiger partial charge in [-0.25, -0.2) is 9.59 Å². The van der Waals surface area contributed by atoms with E-state index in [2.05, 4.69) is 25.3 Å². The zero-order valence-electron chi connectivity index (χ0n) is 35.0. The molecule has 0 N–H and O–H groups in total. The number of nitriles is 2. The van der Waals surface area contributed by atoms with Crippen LogP contribution in [0.25, 0.3) is 22.3 Å².